The molecule has 4 unspecified atom stereocenters. The molecule has 0 aromatic heterocycles. The number of carbonyl (C=O) groups excluding carboxylic acids is 1. The number of rotatable bonds is 2. The number of benzene rings is 4. The van der Waals surface area contributed by atoms with E-state index in [1.165, 1.54) is 0 Å². The third-order valence-corrected chi connectivity index (χ3v) is 10.8. The van der Waals surface area contributed by atoms with Gasteiger partial charge in [0.15, 0.2) is 5.78 Å². The van der Waals surface area contributed by atoms with Crippen LogP contribution in [0, 0.1) is 0 Å². The van der Waals surface area contributed by atoms with Crippen LogP contribution in [0.4, 0.5) is 0 Å². The average Bonchev–Trinajstić information content (AvgIpc) is 2.98. The largest absolute Gasteiger partial charge is 0.384 e. The maximum absolute atomic E-state index is 13.4. The van der Waals surface area contributed by atoms with Crippen molar-refractivity contribution < 1.29 is 18.3 Å². The molecule has 7 rings (SSSR count). The lowest BCUT2D eigenvalue weighted by Crippen LogP contribution is -2.30. The van der Waals surface area contributed by atoms with Crippen molar-refractivity contribution in [2.24, 2.45) is 0 Å². The predicted octanol–water partition coefficient (Wildman–Crippen LogP) is 6.00. The molecular weight excluding hydrogens is 512 g/mol. The van der Waals surface area contributed by atoms with Crippen LogP contribution in [-0.2, 0) is 21.6 Å². The molecule has 0 fully saturated rings. The molecule has 4 atom stereocenters. The first-order chi connectivity index (χ1) is 18.5. The number of allylic oxidation sites excluding steroid dienone is 3. The van der Waals surface area contributed by atoms with Crippen LogP contribution >= 0.6 is 0 Å². The summed E-state index contributed by atoms with van der Waals surface area (Å²) < 4.78 is 26.7. The van der Waals surface area contributed by atoms with Crippen molar-refractivity contribution in [1.82, 2.24) is 0 Å². The van der Waals surface area contributed by atoms with E-state index in [2.05, 4.69) is 6.07 Å². The molecule has 186 valence electrons. The minimum absolute atomic E-state index is 0.102. The summed E-state index contributed by atoms with van der Waals surface area (Å²) in [6.45, 7) is 0. The molecule has 4 aromatic rings. The second-order valence-electron chi connectivity index (χ2n) is 9.67. The number of fused-ring (bicyclic) bond motifs is 4. The number of hydrogen-bond acceptors (Lipinski definition) is 4. The molecular formula is C32H22O4S2. The van der Waals surface area contributed by atoms with Crippen LogP contribution in [0.15, 0.2) is 123 Å². The van der Waals surface area contributed by atoms with Gasteiger partial charge in [-0.15, -0.1) is 0 Å². The van der Waals surface area contributed by atoms with Crippen LogP contribution in [0.5, 0.6) is 0 Å². The van der Waals surface area contributed by atoms with Gasteiger partial charge in [0.2, 0.25) is 0 Å². The molecule has 0 bridgehead atoms. The lowest BCUT2D eigenvalue weighted by Gasteiger charge is -2.33. The van der Waals surface area contributed by atoms with Gasteiger partial charge in [-0.3, -0.25) is 9.00 Å². The van der Waals surface area contributed by atoms with Crippen LogP contribution in [0.1, 0.15) is 39.6 Å². The maximum Gasteiger partial charge on any atom is 0.195 e. The number of aliphatic hydroxyl groups excluding tert-OH is 1. The predicted molar refractivity (Wildman–Crippen MR) is 149 cm³/mol. The Morgan fingerprint density at radius 2 is 1.39 bits per heavy atom. The van der Waals surface area contributed by atoms with Crippen molar-refractivity contribution >= 4 is 33.0 Å². The van der Waals surface area contributed by atoms with Gasteiger partial charge >= 0.3 is 0 Å². The lowest BCUT2D eigenvalue weighted by molar-refractivity contribution is 0.103. The molecule has 1 N–H and O–H groups in total. The minimum atomic E-state index is -1.43. The molecule has 0 spiro atoms. The standard InChI is InChI=1S/C32H22O4S2/c33-31-23-8-1-3-10-27(23)37(35)29-17-21(12-14-25(29)31)19-6-5-7-20(16-19)22-13-15-26-30(18-22)38(36)28-11-4-2-9-24(28)32(26)34/h1-17,30,32,34H,18H2. The van der Waals surface area contributed by atoms with E-state index >= 15 is 0 Å². The Morgan fingerprint density at radius 1 is 0.684 bits per heavy atom. The molecule has 0 saturated carbocycles. The number of hydrogen-bond donors (Lipinski definition) is 1. The molecule has 0 amide bonds. The Balaban J connectivity index is 1.24. The topological polar surface area (TPSA) is 71.4 Å². The number of aliphatic hydroxyl groups is 1. The van der Waals surface area contributed by atoms with Gasteiger partial charge in [-0.2, -0.15) is 0 Å². The highest BCUT2D eigenvalue weighted by atomic mass is 32.2. The van der Waals surface area contributed by atoms with Gasteiger partial charge in [0.25, 0.3) is 0 Å². The molecule has 1 aliphatic carbocycles. The quantitative estimate of drug-likeness (QED) is 0.302. The minimum Gasteiger partial charge on any atom is -0.384 e. The highest BCUT2D eigenvalue weighted by molar-refractivity contribution is 7.86. The normalized spacial score (nSPS) is 23.3. The first kappa shape index (κ1) is 23.4. The van der Waals surface area contributed by atoms with E-state index in [-0.39, 0.29) is 11.0 Å². The van der Waals surface area contributed by atoms with E-state index in [4.69, 9.17) is 0 Å². The summed E-state index contributed by atoms with van der Waals surface area (Å²) in [5, 5.41) is 10.7. The zero-order valence-corrected chi connectivity index (χ0v) is 21.8. The summed E-state index contributed by atoms with van der Waals surface area (Å²) in [4.78, 5) is 14.8. The summed E-state index contributed by atoms with van der Waals surface area (Å²) >= 11 is 0. The van der Waals surface area contributed by atoms with E-state index in [9.17, 15) is 18.3 Å². The third-order valence-electron chi connectivity index (χ3n) is 7.58. The summed E-state index contributed by atoms with van der Waals surface area (Å²) in [5.41, 5.74) is 6.37. The zero-order valence-electron chi connectivity index (χ0n) is 20.2. The van der Waals surface area contributed by atoms with E-state index in [1.807, 2.05) is 66.7 Å². The maximum atomic E-state index is 13.4. The molecule has 2 heterocycles. The van der Waals surface area contributed by atoms with Gasteiger partial charge in [-0.1, -0.05) is 66.7 Å². The van der Waals surface area contributed by atoms with Gasteiger partial charge in [0, 0.05) is 21.6 Å². The molecule has 2 aliphatic heterocycles. The van der Waals surface area contributed by atoms with Crippen LogP contribution in [0.3, 0.4) is 0 Å². The fourth-order valence-corrected chi connectivity index (χ4v) is 8.72. The highest BCUT2D eigenvalue weighted by Crippen LogP contribution is 2.44. The van der Waals surface area contributed by atoms with Crippen LogP contribution in [0.25, 0.3) is 16.7 Å². The summed E-state index contributed by atoms with van der Waals surface area (Å²) in [6.07, 6.45) is 3.74. The van der Waals surface area contributed by atoms with Crippen molar-refractivity contribution in [3.63, 3.8) is 0 Å². The Hall–Kier alpha value is -3.71. The van der Waals surface area contributed by atoms with E-state index in [0.29, 0.717) is 32.2 Å². The van der Waals surface area contributed by atoms with Gasteiger partial charge in [-0.25, -0.2) is 4.21 Å². The van der Waals surface area contributed by atoms with Crippen LogP contribution in [0.2, 0.25) is 0 Å². The number of ketones is 1. The summed E-state index contributed by atoms with van der Waals surface area (Å²) in [6, 6.07) is 28.1. The SMILES string of the molecule is O=C1c2ccccc2S(=O)c2cc(-c3cccc(C4=CC=C5C(O)c6ccccc6S(=O)C5C4)c3)ccc21. The first-order valence-corrected chi connectivity index (χ1v) is 14.8. The van der Waals surface area contributed by atoms with Crippen molar-refractivity contribution in [2.75, 3.05) is 0 Å². The monoisotopic (exact) mass is 534 g/mol. The van der Waals surface area contributed by atoms with E-state index in [0.717, 1.165) is 33.4 Å². The van der Waals surface area contributed by atoms with Crippen molar-refractivity contribution in [3.8, 4) is 11.1 Å². The molecule has 6 heteroatoms. The lowest BCUT2D eigenvalue weighted by atomic mass is 9.87. The van der Waals surface area contributed by atoms with E-state index in [1.54, 1.807) is 30.3 Å². The van der Waals surface area contributed by atoms with Crippen molar-refractivity contribution in [2.45, 2.75) is 32.5 Å². The fraction of sp³-hybridized carbons (Fsp3) is 0.0938. The van der Waals surface area contributed by atoms with Gasteiger partial charge < -0.3 is 5.11 Å². The smallest absolute Gasteiger partial charge is 0.195 e. The average molecular weight is 535 g/mol. The zero-order chi connectivity index (χ0) is 26.0. The Bertz CT molecular complexity index is 1780. The second kappa shape index (κ2) is 8.95. The second-order valence-corrected chi connectivity index (χ2v) is 12.7. The first-order valence-electron chi connectivity index (χ1n) is 12.4. The molecule has 38 heavy (non-hydrogen) atoms. The molecule has 0 saturated heterocycles. The fourth-order valence-electron chi connectivity index (χ4n) is 5.61. The molecule has 4 nitrogen and oxygen atoms in total. The number of carbonyl (C=O) groups is 1. The van der Waals surface area contributed by atoms with Crippen LogP contribution < -0.4 is 0 Å². The third kappa shape index (κ3) is 3.56. The Kier molecular flexibility index (Phi) is 5.51. The van der Waals surface area contributed by atoms with Crippen molar-refractivity contribution in [3.05, 3.63) is 131 Å². The summed E-state index contributed by atoms with van der Waals surface area (Å²) in [7, 11) is -2.68. The van der Waals surface area contributed by atoms with Crippen molar-refractivity contribution in [1.29, 1.82) is 0 Å². The van der Waals surface area contributed by atoms with Gasteiger partial charge in [0.05, 0.1) is 36.6 Å². The van der Waals surface area contributed by atoms with Gasteiger partial charge in [0.1, 0.15) is 6.10 Å². The van der Waals surface area contributed by atoms with Gasteiger partial charge in [-0.05, 0) is 70.7 Å². The molecule has 3 aliphatic rings. The Morgan fingerprint density at radius 3 is 2.26 bits per heavy atom. The summed E-state index contributed by atoms with van der Waals surface area (Å²) in [5.74, 6) is -0.102. The Labute approximate surface area is 225 Å². The van der Waals surface area contributed by atoms with E-state index < -0.39 is 27.7 Å². The molecule has 0 radical (unpaired) electrons. The molecule has 4 aromatic carbocycles. The highest BCUT2D eigenvalue weighted by Gasteiger charge is 2.37. The van der Waals surface area contributed by atoms with Crippen LogP contribution in [-0.4, -0.2) is 24.6 Å².